The van der Waals surface area contributed by atoms with Crippen molar-refractivity contribution in [2.24, 2.45) is 0 Å². The Morgan fingerprint density at radius 3 is 2.12 bits per heavy atom. The van der Waals surface area contributed by atoms with Crippen LogP contribution in [0.25, 0.3) is 0 Å². The third kappa shape index (κ3) is 13.9. The number of carbonyl (C=O) groups excluding carboxylic acids is 1. The maximum Gasteiger partial charge on any atom is 0.306 e. The van der Waals surface area contributed by atoms with Crippen molar-refractivity contribution < 1.29 is 9.53 Å². The van der Waals surface area contributed by atoms with Gasteiger partial charge in [-0.05, 0) is 12.0 Å². The summed E-state index contributed by atoms with van der Waals surface area (Å²) in [6.07, 6.45) is 13.6. The van der Waals surface area contributed by atoms with E-state index in [4.69, 9.17) is 4.74 Å². The lowest BCUT2D eigenvalue weighted by Crippen LogP contribution is -2.06. The molecule has 1 aromatic carbocycles. The van der Waals surface area contributed by atoms with Crippen LogP contribution in [0.15, 0.2) is 30.3 Å². The molecule has 0 radical (unpaired) electrons. The number of thioether (sulfide) groups is 1. The minimum Gasteiger partial charge on any atom is -0.466 e. The highest BCUT2D eigenvalue weighted by atomic mass is 32.2. The van der Waals surface area contributed by atoms with Crippen molar-refractivity contribution >= 4 is 17.7 Å². The van der Waals surface area contributed by atoms with Crippen LogP contribution in [0.3, 0.4) is 0 Å². The number of unbranched alkanes of at least 4 members (excludes halogenated alkanes) is 9. The van der Waals surface area contributed by atoms with E-state index in [-0.39, 0.29) is 5.97 Å². The first kappa shape index (κ1) is 22.1. The van der Waals surface area contributed by atoms with Crippen LogP contribution in [0.1, 0.15) is 83.1 Å². The van der Waals surface area contributed by atoms with Crippen LogP contribution in [-0.4, -0.2) is 18.3 Å². The molecule has 0 amide bonds. The monoisotopic (exact) mass is 364 g/mol. The molecule has 1 aromatic rings. The van der Waals surface area contributed by atoms with Crippen molar-refractivity contribution in [2.75, 3.05) is 12.4 Å². The van der Waals surface area contributed by atoms with Crippen molar-refractivity contribution in [3.8, 4) is 0 Å². The predicted octanol–water partition coefficient (Wildman–Crippen LogP) is 6.77. The summed E-state index contributed by atoms with van der Waals surface area (Å²) in [5, 5.41) is 0. The average Bonchev–Trinajstić information content (AvgIpc) is 2.64. The van der Waals surface area contributed by atoms with Crippen LogP contribution in [0, 0.1) is 0 Å². The van der Waals surface area contributed by atoms with Crippen LogP contribution < -0.4 is 0 Å². The van der Waals surface area contributed by atoms with Gasteiger partial charge in [0.15, 0.2) is 0 Å². The highest BCUT2D eigenvalue weighted by molar-refractivity contribution is 7.98. The molecule has 0 atom stereocenters. The highest BCUT2D eigenvalue weighted by Gasteiger charge is 2.03. The van der Waals surface area contributed by atoms with Crippen molar-refractivity contribution in [3.05, 3.63) is 35.9 Å². The first-order chi connectivity index (χ1) is 12.3. The summed E-state index contributed by atoms with van der Waals surface area (Å²) in [7, 11) is 0. The standard InChI is InChI=1S/C22H36O2S/c1-2-3-4-5-6-7-8-9-10-14-18-24-22(23)17-19-25-20-21-15-12-11-13-16-21/h11-13,15-16H,2-10,14,17-20H2,1H3. The number of esters is 1. The molecule has 0 aromatic heterocycles. The van der Waals surface area contributed by atoms with Crippen LogP contribution in [0.4, 0.5) is 0 Å². The Morgan fingerprint density at radius 1 is 0.880 bits per heavy atom. The van der Waals surface area contributed by atoms with Crippen LogP contribution >= 0.6 is 11.8 Å². The van der Waals surface area contributed by atoms with Crippen LogP contribution in [0.5, 0.6) is 0 Å². The van der Waals surface area contributed by atoms with E-state index in [2.05, 4.69) is 31.2 Å². The van der Waals surface area contributed by atoms with E-state index < -0.39 is 0 Å². The molecule has 0 spiro atoms. The van der Waals surface area contributed by atoms with Gasteiger partial charge in [-0.2, -0.15) is 11.8 Å². The van der Waals surface area contributed by atoms with Crippen molar-refractivity contribution in [2.45, 2.75) is 83.3 Å². The van der Waals surface area contributed by atoms with E-state index in [9.17, 15) is 4.79 Å². The quantitative estimate of drug-likeness (QED) is 0.239. The minimum absolute atomic E-state index is 0.0449. The first-order valence-corrected chi connectivity index (χ1v) is 11.3. The molecule has 3 heteroatoms. The number of hydrogen-bond donors (Lipinski definition) is 0. The van der Waals surface area contributed by atoms with Gasteiger partial charge in [-0.3, -0.25) is 4.79 Å². The third-order valence-corrected chi connectivity index (χ3v) is 5.35. The molecular formula is C22H36O2S. The molecule has 0 aliphatic rings. The molecule has 0 aliphatic carbocycles. The first-order valence-electron chi connectivity index (χ1n) is 10.1. The van der Waals surface area contributed by atoms with Gasteiger partial charge in [-0.15, -0.1) is 0 Å². The number of rotatable bonds is 16. The maximum atomic E-state index is 11.7. The van der Waals surface area contributed by atoms with E-state index in [0.717, 1.165) is 17.9 Å². The summed E-state index contributed by atoms with van der Waals surface area (Å²) in [5.41, 5.74) is 1.31. The average molecular weight is 365 g/mol. The van der Waals surface area contributed by atoms with Crippen molar-refractivity contribution in [1.29, 1.82) is 0 Å². The normalized spacial score (nSPS) is 10.8. The van der Waals surface area contributed by atoms with Gasteiger partial charge in [0.05, 0.1) is 13.0 Å². The molecule has 0 saturated heterocycles. The lowest BCUT2D eigenvalue weighted by molar-refractivity contribution is -0.143. The van der Waals surface area contributed by atoms with Gasteiger partial charge in [0, 0.05) is 11.5 Å². The Hall–Kier alpha value is -0.960. The summed E-state index contributed by atoms with van der Waals surface area (Å²) < 4.78 is 5.31. The van der Waals surface area contributed by atoms with Crippen molar-refractivity contribution in [1.82, 2.24) is 0 Å². The highest BCUT2D eigenvalue weighted by Crippen LogP contribution is 2.13. The Bertz CT molecular complexity index is 419. The number of ether oxygens (including phenoxy) is 1. The van der Waals surface area contributed by atoms with E-state index >= 15 is 0 Å². The molecule has 0 bridgehead atoms. The van der Waals surface area contributed by atoms with E-state index in [1.165, 1.54) is 63.4 Å². The second kappa shape index (κ2) is 16.5. The predicted molar refractivity (Wildman–Crippen MR) is 110 cm³/mol. The lowest BCUT2D eigenvalue weighted by Gasteiger charge is -2.05. The second-order valence-electron chi connectivity index (χ2n) is 6.69. The fourth-order valence-corrected chi connectivity index (χ4v) is 3.65. The SMILES string of the molecule is CCCCCCCCCCCCOC(=O)CCSCc1ccccc1. The molecule has 25 heavy (non-hydrogen) atoms. The van der Waals surface area contributed by atoms with Gasteiger partial charge in [0.1, 0.15) is 0 Å². The molecule has 0 saturated carbocycles. The van der Waals surface area contributed by atoms with E-state index in [1.54, 1.807) is 11.8 Å². The van der Waals surface area contributed by atoms with Gasteiger partial charge in [0.2, 0.25) is 0 Å². The van der Waals surface area contributed by atoms with Gasteiger partial charge in [0.25, 0.3) is 0 Å². The lowest BCUT2D eigenvalue weighted by atomic mass is 10.1. The zero-order valence-electron chi connectivity index (χ0n) is 16.0. The van der Waals surface area contributed by atoms with Gasteiger partial charge < -0.3 is 4.74 Å². The summed E-state index contributed by atoms with van der Waals surface area (Å²) in [5.74, 6) is 1.76. The maximum absolute atomic E-state index is 11.7. The van der Waals surface area contributed by atoms with E-state index in [1.807, 2.05) is 6.07 Å². The Labute approximate surface area is 159 Å². The van der Waals surface area contributed by atoms with Crippen LogP contribution in [0.2, 0.25) is 0 Å². The summed E-state index contributed by atoms with van der Waals surface area (Å²) in [6.45, 7) is 2.86. The van der Waals surface area contributed by atoms with Gasteiger partial charge >= 0.3 is 5.97 Å². The Kier molecular flexibility index (Phi) is 14.6. The van der Waals surface area contributed by atoms with Crippen LogP contribution in [-0.2, 0) is 15.3 Å². The molecular weight excluding hydrogens is 328 g/mol. The molecule has 0 fully saturated rings. The zero-order chi connectivity index (χ0) is 18.0. The largest absolute Gasteiger partial charge is 0.466 e. The molecule has 0 aliphatic heterocycles. The second-order valence-corrected chi connectivity index (χ2v) is 7.80. The minimum atomic E-state index is -0.0449. The Morgan fingerprint density at radius 2 is 1.48 bits per heavy atom. The molecule has 1 rings (SSSR count). The number of carbonyl (C=O) groups is 1. The molecule has 0 heterocycles. The smallest absolute Gasteiger partial charge is 0.306 e. The summed E-state index contributed by atoms with van der Waals surface area (Å²) in [6, 6.07) is 10.4. The molecule has 0 unspecified atom stereocenters. The molecule has 2 nitrogen and oxygen atoms in total. The fraction of sp³-hybridized carbons (Fsp3) is 0.682. The number of hydrogen-bond acceptors (Lipinski definition) is 3. The third-order valence-electron chi connectivity index (χ3n) is 4.32. The summed E-state index contributed by atoms with van der Waals surface area (Å²) >= 11 is 1.79. The van der Waals surface area contributed by atoms with Gasteiger partial charge in [-0.1, -0.05) is 95.0 Å². The summed E-state index contributed by atoms with van der Waals surface area (Å²) in [4.78, 5) is 11.7. The van der Waals surface area contributed by atoms with Gasteiger partial charge in [-0.25, -0.2) is 0 Å². The molecule has 142 valence electrons. The van der Waals surface area contributed by atoms with Crippen molar-refractivity contribution in [3.63, 3.8) is 0 Å². The topological polar surface area (TPSA) is 26.3 Å². The Balaban J connectivity index is 1.81. The van der Waals surface area contributed by atoms with E-state index in [0.29, 0.717) is 13.0 Å². The number of benzene rings is 1. The molecule has 0 N–H and O–H groups in total. The zero-order valence-corrected chi connectivity index (χ0v) is 16.8. The fourth-order valence-electron chi connectivity index (χ4n) is 2.77.